The van der Waals surface area contributed by atoms with Gasteiger partial charge in [-0.05, 0) is 18.6 Å². The zero-order chi connectivity index (χ0) is 9.42. The quantitative estimate of drug-likeness (QED) is 0.711. The second kappa shape index (κ2) is 2.87. The van der Waals surface area contributed by atoms with E-state index in [0.29, 0.717) is 24.4 Å². The van der Waals surface area contributed by atoms with Gasteiger partial charge in [0.1, 0.15) is 11.5 Å². The van der Waals surface area contributed by atoms with Crippen LogP contribution >= 0.6 is 0 Å². The summed E-state index contributed by atoms with van der Waals surface area (Å²) >= 11 is 0. The molecule has 1 N–H and O–H groups in total. The van der Waals surface area contributed by atoms with Crippen LogP contribution < -0.4 is 0 Å². The Bertz CT molecular complexity index is 347. The number of Topliss-reactive ketones (excluding diaryl/α,β-unsaturated/α-hetero) is 1. The first-order chi connectivity index (χ1) is 6.16. The topological polar surface area (TPSA) is 37.3 Å². The van der Waals surface area contributed by atoms with Crippen molar-refractivity contribution in [1.82, 2.24) is 0 Å². The molecule has 0 atom stereocenters. The SMILES string of the molecule is Cc1ccc(O)c(C2CC(=O)C2)c1. The van der Waals surface area contributed by atoms with Gasteiger partial charge in [-0.2, -0.15) is 0 Å². The van der Waals surface area contributed by atoms with Crippen LogP contribution in [0, 0.1) is 6.92 Å². The molecule has 0 bridgehead atoms. The lowest BCUT2D eigenvalue weighted by molar-refractivity contribution is -0.124. The predicted molar refractivity (Wildman–Crippen MR) is 49.8 cm³/mol. The Hall–Kier alpha value is -1.31. The normalized spacial score (nSPS) is 17.2. The molecule has 1 aliphatic carbocycles. The van der Waals surface area contributed by atoms with E-state index in [2.05, 4.69) is 0 Å². The van der Waals surface area contributed by atoms with Crippen molar-refractivity contribution in [3.63, 3.8) is 0 Å². The molecule has 0 aliphatic heterocycles. The third-order valence-corrected chi connectivity index (χ3v) is 2.57. The fraction of sp³-hybridized carbons (Fsp3) is 0.364. The number of phenolic OH excluding ortho intramolecular Hbond substituents is 1. The minimum atomic E-state index is 0.257. The van der Waals surface area contributed by atoms with Crippen LogP contribution in [0.5, 0.6) is 5.75 Å². The van der Waals surface area contributed by atoms with Crippen molar-refractivity contribution in [3.05, 3.63) is 29.3 Å². The summed E-state index contributed by atoms with van der Waals surface area (Å²) < 4.78 is 0. The van der Waals surface area contributed by atoms with Gasteiger partial charge in [-0.1, -0.05) is 17.7 Å². The van der Waals surface area contributed by atoms with E-state index < -0.39 is 0 Å². The highest BCUT2D eigenvalue weighted by molar-refractivity contribution is 5.86. The Morgan fingerprint density at radius 3 is 2.69 bits per heavy atom. The average molecular weight is 176 g/mol. The third kappa shape index (κ3) is 1.44. The van der Waals surface area contributed by atoms with Gasteiger partial charge in [0.2, 0.25) is 0 Å². The van der Waals surface area contributed by atoms with E-state index in [9.17, 15) is 9.90 Å². The third-order valence-electron chi connectivity index (χ3n) is 2.57. The molecule has 2 nitrogen and oxygen atoms in total. The van der Waals surface area contributed by atoms with Crippen molar-refractivity contribution in [2.45, 2.75) is 25.7 Å². The molecule has 1 fully saturated rings. The Labute approximate surface area is 77.2 Å². The molecule has 2 heteroatoms. The van der Waals surface area contributed by atoms with Crippen LogP contribution in [0.15, 0.2) is 18.2 Å². The van der Waals surface area contributed by atoms with Crippen molar-refractivity contribution < 1.29 is 9.90 Å². The highest BCUT2D eigenvalue weighted by Gasteiger charge is 2.29. The first-order valence-electron chi connectivity index (χ1n) is 4.48. The zero-order valence-electron chi connectivity index (χ0n) is 7.58. The summed E-state index contributed by atoms with van der Waals surface area (Å²) in [6, 6.07) is 5.54. The highest BCUT2D eigenvalue weighted by Crippen LogP contribution is 2.38. The number of carbonyl (C=O) groups is 1. The molecule has 1 aromatic carbocycles. The molecule has 1 aliphatic rings. The summed E-state index contributed by atoms with van der Waals surface area (Å²) in [6.45, 7) is 1.99. The van der Waals surface area contributed by atoms with Gasteiger partial charge in [0.15, 0.2) is 0 Å². The second-order valence-corrected chi connectivity index (χ2v) is 3.71. The van der Waals surface area contributed by atoms with E-state index in [1.54, 1.807) is 6.07 Å². The average Bonchev–Trinajstić information content (AvgIpc) is 2.04. The van der Waals surface area contributed by atoms with Gasteiger partial charge < -0.3 is 5.11 Å². The molecule has 13 heavy (non-hydrogen) atoms. The summed E-state index contributed by atoms with van der Waals surface area (Å²) in [6.07, 6.45) is 1.19. The molecular formula is C11H12O2. The minimum Gasteiger partial charge on any atom is -0.508 e. The lowest BCUT2D eigenvalue weighted by Gasteiger charge is -2.25. The number of hydrogen-bond acceptors (Lipinski definition) is 2. The van der Waals surface area contributed by atoms with Crippen LogP contribution in [0.4, 0.5) is 0 Å². The molecule has 0 aromatic heterocycles. The van der Waals surface area contributed by atoms with Crippen molar-refractivity contribution >= 4 is 5.78 Å². The van der Waals surface area contributed by atoms with Crippen molar-refractivity contribution in [3.8, 4) is 5.75 Å². The lowest BCUT2D eigenvalue weighted by Crippen LogP contribution is -2.21. The minimum absolute atomic E-state index is 0.257. The maximum atomic E-state index is 10.8. The van der Waals surface area contributed by atoms with Crippen LogP contribution in [-0.2, 0) is 4.79 Å². The maximum Gasteiger partial charge on any atom is 0.134 e. The molecule has 0 saturated heterocycles. The monoisotopic (exact) mass is 176 g/mol. The van der Waals surface area contributed by atoms with Crippen LogP contribution in [-0.4, -0.2) is 10.9 Å². The number of aromatic hydroxyl groups is 1. The van der Waals surface area contributed by atoms with Crippen LogP contribution in [0.2, 0.25) is 0 Å². The summed E-state index contributed by atoms with van der Waals surface area (Å²) in [5.41, 5.74) is 2.06. The Balaban J connectivity index is 2.29. The fourth-order valence-electron chi connectivity index (χ4n) is 1.71. The Morgan fingerprint density at radius 2 is 2.08 bits per heavy atom. The van der Waals surface area contributed by atoms with Gasteiger partial charge in [0.05, 0.1) is 0 Å². The van der Waals surface area contributed by atoms with Crippen molar-refractivity contribution in [2.75, 3.05) is 0 Å². The van der Waals surface area contributed by atoms with Gasteiger partial charge in [0, 0.05) is 18.8 Å². The number of carbonyl (C=O) groups excluding carboxylic acids is 1. The lowest BCUT2D eigenvalue weighted by atomic mass is 9.78. The van der Waals surface area contributed by atoms with Crippen molar-refractivity contribution in [1.29, 1.82) is 0 Å². The van der Waals surface area contributed by atoms with Crippen LogP contribution in [0.25, 0.3) is 0 Å². The predicted octanol–water partition coefficient (Wildman–Crippen LogP) is 2.15. The number of hydrogen-bond donors (Lipinski definition) is 1. The van der Waals surface area contributed by atoms with Gasteiger partial charge in [-0.25, -0.2) is 0 Å². The summed E-state index contributed by atoms with van der Waals surface area (Å²) in [4.78, 5) is 10.8. The van der Waals surface area contributed by atoms with Crippen LogP contribution in [0.1, 0.15) is 29.9 Å². The standard InChI is InChI=1S/C11H12O2/c1-7-2-3-11(13)10(4-7)8-5-9(12)6-8/h2-4,8,13H,5-6H2,1H3. The first-order valence-corrected chi connectivity index (χ1v) is 4.48. The number of rotatable bonds is 1. The van der Waals surface area contributed by atoms with Crippen LogP contribution in [0.3, 0.4) is 0 Å². The molecule has 0 radical (unpaired) electrons. The van der Waals surface area contributed by atoms with Gasteiger partial charge in [0.25, 0.3) is 0 Å². The Kier molecular flexibility index (Phi) is 1.83. The van der Waals surface area contributed by atoms with E-state index in [-0.39, 0.29) is 5.92 Å². The summed E-state index contributed by atoms with van der Waals surface area (Å²) in [5.74, 6) is 0.876. The molecule has 1 aromatic rings. The number of phenols is 1. The number of benzene rings is 1. The van der Waals surface area contributed by atoms with Gasteiger partial charge in [-0.3, -0.25) is 4.79 Å². The number of aryl methyl sites for hydroxylation is 1. The Morgan fingerprint density at radius 1 is 1.38 bits per heavy atom. The van der Waals surface area contributed by atoms with E-state index in [4.69, 9.17) is 0 Å². The van der Waals surface area contributed by atoms with E-state index >= 15 is 0 Å². The van der Waals surface area contributed by atoms with E-state index in [0.717, 1.165) is 11.1 Å². The van der Waals surface area contributed by atoms with Crippen molar-refractivity contribution in [2.24, 2.45) is 0 Å². The van der Waals surface area contributed by atoms with Gasteiger partial charge in [-0.15, -0.1) is 0 Å². The maximum absolute atomic E-state index is 10.8. The molecular weight excluding hydrogens is 164 g/mol. The highest BCUT2D eigenvalue weighted by atomic mass is 16.3. The second-order valence-electron chi connectivity index (χ2n) is 3.71. The molecule has 0 amide bonds. The van der Waals surface area contributed by atoms with E-state index in [1.165, 1.54) is 0 Å². The zero-order valence-corrected chi connectivity index (χ0v) is 7.58. The number of ketones is 1. The largest absolute Gasteiger partial charge is 0.508 e. The molecule has 0 heterocycles. The molecule has 2 rings (SSSR count). The molecule has 68 valence electrons. The fourth-order valence-corrected chi connectivity index (χ4v) is 1.71. The first kappa shape index (κ1) is 8.30. The molecule has 0 unspecified atom stereocenters. The van der Waals surface area contributed by atoms with E-state index in [1.807, 2.05) is 19.1 Å². The van der Waals surface area contributed by atoms with Gasteiger partial charge >= 0.3 is 0 Å². The molecule has 0 spiro atoms. The summed E-state index contributed by atoms with van der Waals surface area (Å²) in [7, 11) is 0. The molecule has 1 saturated carbocycles. The smallest absolute Gasteiger partial charge is 0.134 e. The summed E-state index contributed by atoms with van der Waals surface area (Å²) in [5, 5.41) is 9.55.